The summed E-state index contributed by atoms with van der Waals surface area (Å²) < 4.78 is 31.9. The summed E-state index contributed by atoms with van der Waals surface area (Å²) in [5.74, 6) is -0.741. The van der Waals surface area contributed by atoms with E-state index in [2.05, 4.69) is 12.2 Å². The monoisotopic (exact) mass is 365 g/mol. The summed E-state index contributed by atoms with van der Waals surface area (Å²) in [6.07, 6.45) is 10.5. The number of aliphatic hydroxyl groups excluding tert-OH is 1. The minimum absolute atomic E-state index is 0.0249. The van der Waals surface area contributed by atoms with Crippen molar-refractivity contribution in [3.05, 3.63) is 0 Å². The van der Waals surface area contributed by atoms with Crippen LogP contribution in [-0.4, -0.2) is 41.9 Å². The van der Waals surface area contributed by atoms with Crippen molar-refractivity contribution in [3.63, 3.8) is 0 Å². The van der Waals surface area contributed by atoms with Gasteiger partial charge in [0.1, 0.15) is 0 Å². The molecule has 0 aliphatic rings. The molecule has 0 aliphatic heterocycles. The van der Waals surface area contributed by atoms with Crippen LogP contribution in [0.25, 0.3) is 0 Å². The van der Waals surface area contributed by atoms with Gasteiger partial charge in [0.15, 0.2) is 5.25 Å². The summed E-state index contributed by atoms with van der Waals surface area (Å²) in [6, 6.07) is 0. The van der Waals surface area contributed by atoms with Gasteiger partial charge in [0.2, 0.25) is 5.91 Å². The highest BCUT2D eigenvalue weighted by Gasteiger charge is 2.30. The van der Waals surface area contributed by atoms with Gasteiger partial charge in [-0.3, -0.25) is 9.35 Å². The molecule has 0 aliphatic carbocycles. The van der Waals surface area contributed by atoms with Crippen molar-refractivity contribution < 1.29 is 22.9 Å². The zero-order chi connectivity index (χ0) is 18.4. The normalized spacial score (nSPS) is 14.3. The van der Waals surface area contributed by atoms with E-state index in [0.717, 1.165) is 19.3 Å². The van der Waals surface area contributed by atoms with Crippen molar-refractivity contribution >= 4 is 16.0 Å². The molecule has 0 aromatic rings. The Morgan fingerprint density at radius 2 is 1.42 bits per heavy atom. The molecule has 0 rings (SSSR count). The number of carbonyl (C=O) groups is 1. The number of hydrogen-bond acceptors (Lipinski definition) is 4. The van der Waals surface area contributed by atoms with E-state index in [1.165, 1.54) is 45.4 Å². The smallest absolute Gasteiger partial charge is 0.276 e. The highest BCUT2D eigenvalue weighted by atomic mass is 32.2. The molecule has 0 aromatic carbocycles. The number of hydrogen-bond donors (Lipinski definition) is 3. The van der Waals surface area contributed by atoms with Gasteiger partial charge in [-0.2, -0.15) is 8.42 Å². The summed E-state index contributed by atoms with van der Waals surface area (Å²) in [6.45, 7) is 3.67. The molecule has 7 heteroatoms. The van der Waals surface area contributed by atoms with E-state index in [4.69, 9.17) is 5.11 Å². The molecule has 0 saturated carbocycles. The van der Waals surface area contributed by atoms with Crippen LogP contribution in [0.5, 0.6) is 0 Å². The maximum absolute atomic E-state index is 11.8. The third kappa shape index (κ3) is 12.7. The molecule has 0 radical (unpaired) electrons. The predicted molar refractivity (Wildman–Crippen MR) is 96.5 cm³/mol. The Kier molecular flexibility index (Phi) is 13.2. The van der Waals surface area contributed by atoms with E-state index in [1.807, 2.05) is 0 Å². The maximum Gasteiger partial charge on any atom is 0.276 e. The number of rotatable bonds is 15. The Morgan fingerprint density at radius 1 is 0.958 bits per heavy atom. The van der Waals surface area contributed by atoms with Crippen molar-refractivity contribution in [1.29, 1.82) is 0 Å². The quantitative estimate of drug-likeness (QED) is 0.306. The SMILES string of the molecule is CCCCCCCCCCCCC(C(=O)NCC(C)O)S(=O)(=O)O. The zero-order valence-electron chi connectivity index (χ0n) is 15.2. The lowest BCUT2D eigenvalue weighted by molar-refractivity contribution is -0.121. The van der Waals surface area contributed by atoms with Crippen LogP contribution in [0.2, 0.25) is 0 Å². The number of unbranched alkanes of at least 4 members (excludes halogenated alkanes) is 9. The largest absolute Gasteiger partial charge is 0.392 e. The molecule has 24 heavy (non-hydrogen) atoms. The van der Waals surface area contributed by atoms with E-state index in [0.29, 0.717) is 6.42 Å². The molecule has 2 atom stereocenters. The third-order valence-corrected chi connectivity index (χ3v) is 5.21. The zero-order valence-corrected chi connectivity index (χ0v) is 16.0. The van der Waals surface area contributed by atoms with E-state index >= 15 is 0 Å². The number of nitrogens with one attached hydrogen (secondary N) is 1. The van der Waals surface area contributed by atoms with Crippen molar-refractivity contribution in [2.45, 2.75) is 95.8 Å². The van der Waals surface area contributed by atoms with Crippen molar-refractivity contribution in [2.24, 2.45) is 0 Å². The lowest BCUT2D eigenvalue weighted by Gasteiger charge is -2.15. The lowest BCUT2D eigenvalue weighted by Crippen LogP contribution is -2.42. The number of amides is 1. The fourth-order valence-electron chi connectivity index (χ4n) is 2.59. The molecule has 144 valence electrons. The summed E-state index contributed by atoms with van der Waals surface area (Å²) >= 11 is 0. The molecule has 0 spiro atoms. The number of aliphatic hydroxyl groups is 1. The molecular formula is C17H35NO5S. The second-order valence-electron chi connectivity index (χ2n) is 6.57. The molecular weight excluding hydrogens is 330 g/mol. The fourth-order valence-corrected chi connectivity index (χ4v) is 3.41. The van der Waals surface area contributed by atoms with Crippen molar-refractivity contribution in [1.82, 2.24) is 5.32 Å². The van der Waals surface area contributed by atoms with Gasteiger partial charge >= 0.3 is 0 Å². The third-order valence-electron chi connectivity index (χ3n) is 4.04. The van der Waals surface area contributed by atoms with E-state index in [-0.39, 0.29) is 13.0 Å². The maximum atomic E-state index is 11.8. The fraction of sp³-hybridized carbons (Fsp3) is 0.941. The van der Waals surface area contributed by atoms with E-state index < -0.39 is 27.4 Å². The molecule has 0 fully saturated rings. The summed E-state index contributed by atoms with van der Waals surface area (Å²) in [4.78, 5) is 11.8. The molecule has 3 N–H and O–H groups in total. The van der Waals surface area contributed by atoms with Gasteiger partial charge in [-0.15, -0.1) is 0 Å². The Morgan fingerprint density at radius 3 is 1.83 bits per heavy atom. The molecule has 1 amide bonds. The minimum Gasteiger partial charge on any atom is -0.392 e. The predicted octanol–water partition coefficient (Wildman–Crippen LogP) is 3.05. The van der Waals surface area contributed by atoms with Crippen molar-refractivity contribution in [3.8, 4) is 0 Å². The van der Waals surface area contributed by atoms with Crippen LogP contribution in [0.3, 0.4) is 0 Å². The first-order valence-electron chi connectivity index (χ1n) is 9.21. The van der Waals surface area contributed by atoms with E-state index in [1.54, 1.807) is 0 Å². The summed E-state index contributed by atoms with van der Waals surface area (Å²) in [5.41, 5.74) is 0. The Balaban J connectivity index is 3.90. The first-order valence-corrected chi connectivity index (χ1v) is 10.7. The molecule has 6 nitrogen and oxygen atoms in total. The average molecular weight is 366 g/mol. The van der Waals surface area contributed by atoms with Gasteiger partial charge in [-0.1, -0.05) is 71.1 Å². The Hall–Kier alpha value is -0.660. The molecule has 0 bridgehead atoms. The van der Waals surface area contributed by atoms with Crippen LogP contribution < -0.4 is 5.32 Å². The molecule has 2 unspecified atom stereocenters. The van der Waals surface area contributed by atoms with Crippen LogP contribution >= 0.6 is 0 Å². The van der Waals surface area contributed by atoms with Crippen molar-refractivity contribution in [2.75, 3.05) is 6.54 Å². The molecule has 0 heterocycles. The standard InChI is InChI=1S/C17H35NO5S/c1-3-4-5-6-7-8-9-10-11-12-13-16(24(21,22)23)17(20)18-14-15(2)19/h15-16,19H,3-14H2,1-2H3,(H,18,20)(H,21,22,23). The lowest BCUT2D eigenvalue weighted by atomic mass is 10.1. The second-order valence-corrected chi connectivity index (χ2v) is 8.17. The van der Waals surface area contributed by atoms with Crippen LogP contribution in [0, 0.1) is 0 Å². The topological polar surface area (TPSA) is 104 Å². The van der Waals surface area contributed by atoms with Gasteiger partial charge in [0, 0.05) is 6.54 Å². The summed E-state index contributed by atoms with van der Waals surface area (Å²) in [5, 5.41) is 10.0. The van der Waals surface area contributed by atoms with Gasteiger partial charge in [0.25, 0.3) is 10.1 Å². The Labute approximate surface area is 147 Å². The van der Waals surface area contributed by atoms with Crippen LogP contribution in [0.4, 0.5) is 0 Å². The van der Waals surface area contributed by atoms with Crippen LogP contribution in [0.1, 0.15) is 84.5 Å². The van der Waals surface area contributed by atoms with E-state index in [9.17, 15) is 17.8 Å². The highest BCUT2D eigenvalue weighted by Crippen LogP contribution is 2.14. The van der Waals surface area contributed by atoms with Crippen LogP contribution in [-0.2, 0) is 14.9 Å². The van der Waals surface area contributed by atoms with Gasteiger partial charge in [-0.25, -0.2) is 0 Å². The summed E-state index contributed by atoms with van der Waals surface area (Å²) in [7, 11) is -4.42. The number of carbonyl (C=O) groups excluding carboxylic acids is 1. The second kappa shape index (κ2) is 13.6. The average Bonchev–Trinajstić information content (AvgIpc) is 2.49. The molecule has 0 saturated heterocycles. The minimum atomic E-state index is -4.42. The van der Waals surface area contributed by atoms with Gasteiger partial charge in [0.05, 0.1) is 6.10 Å². The van der Waals surface area contributed by atoms with Gasteiger partial charge in [-0.05, 0) is 13.3 Å². The van der Waals surface area contributed by atoms with Gasteiger partial charge < -0.3 is 10.4 Å². The highest BCUT2D eigenvalue weighted by molar-refractivity contribution is 7.87. The first kappa shape index (κ1) is 23.3. The first-order chi connectivity index (χ1) is 11.3. The van der Waals surface area contributed by atoms with Crippen LogP contribution in [0.15, 0.2) is 0 Å². The molecule has 0 aromatic heterocycles. The Bertz CT molecular complexity index is 423.